The minimum absolute atomic E-state index is 0.376. The highest BCUT2D eigenvalue weighted by atomic mass is 16.3. The Hall–Kier alpha value is -2.92. The van der Waals surface area contributed by atoms with E-state index >= 15 is 0 Å². The first-order valence-corrected chi connectivity index (χ1v) is 7.43. The van der Waals surface area contributed by atoms with Crippen LogP contribution in [0.2, 0.25) is 0 Å². The largest absolute Gasteiger partial charge is 0.444 e. The van der Waals surface area contributed by atoms with Gasteiger partial charge in [0.1, 0.15) is 12.1 Å². The predicted octanol–water partition coefficient (Wildman–Crippen LogP) is 3.35. The zero-order valence-corrected chi connectivity index (χ0v) is 12.7. The summed E-state index contributed by atoms with van der Waals surface area (Å²) in [5, 5.41) is 0. The van der Waals surface area contributed by atoms with E-state index in [1.807, 2.05) is 49.5 Å². The van der Waals surface area contributed by atoms with Gasteiger partial charge in [-0.15, -0.1) is 0 Å². The smallest absolute Gasteiger partial charge is 0.226 e. The van der Waals surface area contributed by atoms with Gasteiger partial charge >= 0.3 is 0 Å². The number of para-hydroxylation sites is 2. The molecule has 2 N–H and O–H groups in total. The Bertz CT molecular complexity index is 966. The number of imidazole rings is 1. The van der Waals surface area contributed by atoms with Crippen LogP contribution in [-0.2, 0) is 13.6 Å². The van der Waals surface area contributed by atoms with Gasteiger partial charge < -0.3 is 14.7 Å². The molecule has 5 nitrogen and oxygen atoms in total. The molecule has 23 heavy (non-hydrogen) atoms. The molecule has 0 atom stereocenters. The molecule has 2 heterocycles. The van der Waals surface area contributed by atoms with Crippen LogP contribution in [0.25, 0.3) is 33.9 Å². The number of oxazole rings is 1. The summed E-state index contributed by atoms with van der Waals surface area (Å²) in [4.78, 5) is 9.05. The van der Waals surface area contributed by atoms with Gasteiger partial charge in [0.25, 0.3) is 0 Å². The molecule has 0 unspecified atom stereocenters. The SMILES string of the molecule is Cn1c(-c2ccc(-c3nc(CN)co3)cc2)nc2ccccc21. The summed E-state index contributed by atoms with van der Waals surface area (Å²) >= 11 is 0. The summed E-state index contributed by atoms with van der Waals surface area (Å²) in [7, 11) is 2.03. The first-order valence-electron chi connectivity index (χ1n) is 7.43. The Morgan fingerprint density at radius 3 is 2.43 bits per heavy atom. The molecule has 0 fully saturated rings. The van der Waals surface area contributed by atoms with Gasteiger partial charge in [0.05, 0.1) is 16.7 Å². The van der Waals surface area contributed by atoms with Gasteiger partial charge in [-0.05, 0) is 24.3 Å². The van der Waals surface area contributed by atoms with Crippen LogP contribution in [0.15, 0.2) is 59.2 Å². The third kappa shape index (κ3) is 2.31. The molecule has 4 rings (SSSR count). The van der Waals surface area contributed by atoms with E-state index in [4.69, 9.17) is 15.1 Å². The lowest BCUT2D eigenvalue weighted by molar-refractivity contribution is 0.572. The van der Waals surface area contributed by atoms with Gasteiger partial charge in [-0.25, -0.2) is 9.97 Å². The standard InChI is InChI=1S/C18H16N4O/c1-22-16-5-3-2-4-15(16)21-17(22)12-6-8-13(9-7-12)18-20-14(10-19)11-23-18/h2-9,11H,10,19H2,1H3. The third-order valence-electron chi connectivity index (χ3n) is 3.94. The zero-order chi connectivity index (χ0) is 15.8. The fourth-order valence-electron chi connectivity index (χ4n) is 2.70. The molecule has 0 aliphatic heterocycles. The molecule has 4 aromatic rings. The van der Waals surface area contributed by atoms with Crippen molar-refractivity contribution in [3.63, 3.8) is 0 Å². The van der Waals surface area contributed by atoms with Crippen molar-refractivity contribution in [2.45, 2.75) is 6.54 Å². The van der Waals surface area contributed by atoms with Crippen molar-refractivity contribution in [2.75, 3.05) is 0 Å². The summed E-state index contributed by atoms with van der Waals surface area (Å²) in [5.74, 6) is 1.52. The molecule has 114 valence electrons. The Morgan fingerprint density at radius 2 is 1.74 bits per heavy atom. The Labute approximate surface area is 133 Å². The molecule has 0 saturated heterocycles. The number of aryl methyl sites for hydroxylation is 1. The van der Waals surface area contributed by atoms with Crippen molar-refractivity contribution in [1.29, 1.82) is 0 Å². The topological polar surface area (TPSA) is 69.9 Å². The van der Waals surface area contributed by atoms with Crippen LogP contribution < -0.4 is 5.73 Å². The van der Waals surface area contributed by atoms with Gasteiger partial charge in [-0.3, -0.25) is 0 Å². The summed E-state index contributed by atoms with van der Waals surface area (Å²) in [5.41, 5.74) is 10.4. The highest BCUT2D eigenvalue weighted by Crippen LogP contribution is 2.26. The third-order valence-corrected chi connectivity index (χ3v) is 3.94. The molecule has 0 bridgehead atoms. The molecule has 0 saturated carbocycles. The van der Waals surface area contributed by atoms with Gasteiger partial charge in [-0.1, -0.05) is 24.3 Å². The number of nitrogens with two attached hydrogens (primary N) is 1. The number of hydrogen-bond acceptors (Lipinski definition) is 4. The second kappa shape index (κ2) is 5.37. The van der Waals surface area contributed by atoms with E-state index < -0.39 is 0 Å². The summed E-state index contributed by atoms with van der Waals surface area (Å²) in [6.07, 6.45) is 1.59. The zero-order valence-electron chi connectivity index (χ0n) is 12.7. The normalized spacial score (nSPS) is 11.2. The minimum atomic E-state index is 0.376. The maximum atomic E-state index is 5.56. The maximum Gasteiger partial charge on any atom is 0.226 e. The summed E-state index contributed by atoms with van der Waals surface area (Å²) in [6.45, 7) is 0.376. The van der Waals surface area contributed by atoms with E-state index in [0.717, 1.165) is 33.7 Å². The molecule has 5 heteroatoms. The Kier molecular flexibility index (Phi) is 3.20. The van der Waals surface area contributed by atoms with E-state index in [1.165, 1.54) is 0 Å². The van der Waals surface area contributed by atoms with Crippen molar-refractivity contribution >= 4 is 11.0 Å². The number of benzene rings is 2. The Morgan fingerprint density at radius 1 is 1.00 bits per heavy atom. The lowest BCUT2D eigenvalue weighted by Crippen LogP contribution is -1.95. The van der Waals surface area contributed by atoms with E-state index in [9.17, 15) is 0 Å². The van der Waals surface area contributed by atoms with E-state index in [2.05, 4.69) is 15.6 Å². The maximum absolute atomic E-state index is 5.56. The molecule has 0 spiro atoms. The van der Waals surface area contributed by atoms with Gasteiger partial charge in [0.15, 0.2) is 0 Å². The number of rotatable bonds is 3. The van der Waals surface area contributed by atoms with Crippen molar-refractivity contribution < 1.29 is 4.42 Å². The lowest BCUT2D eigenvalue weighted by Gasteiger charge is -2.03. The van der Waals surface area contributed by atoms with Gasteiger partial charge in [0, 0.05) is 24.7 Å². The molecule has 2 aromatic heterocycles. The monoisotopic (exact) mass is 304 g/mol. The second-order valence-corrected chi connectivity index (χ2v) is 5.41. The number of aromatic nitrogens is 3. The molecular formula is C18H16N4O. The van der Waals surface area contributed by atoms with Crippen LogP contribution in [0.5, 0.6) is 0 Å². The molecule has 2 aromatic carbocycles. The van der Waals surface area contributed by atoms with Gasteiger partial charge in [-0.2, -0.15) is 0 Å². The first-order chi connectivity index (χ1) is 11.3. The van der Waals surface area contributed by atoms with Crippen LogP contribution in [0.3, 0.4) is 0 Å². The predicted molar refractivity (Wildman–Crippen MR) is 89.5 cm³/mol. The van der Waals surface area contributed by atoms with Crippen LogP contribution in [0, 0.1) is 0 Å². The molecule has 0 radical (unpaired) electrons. The second-order valence-electron chi connectivity index (χ2n) is 5.41. The van der Waals surface area contributed by atoms with Crippen LogP contribution in [0.1, 0.15) is 5.69 Å². The van der Waals surface area contributed by atoms with E-state index in [-0.39, 0.29) is 0 Å². The Balaban J connectivity index is 1.73. The van der Waals surface area contributed by atoms with Crippen molar-refractivity contribution in [3.05, 3.63) is 60.5 Å². The fourth-order valence-corrected chi connectivity index (χ4v) is 2.70. The quantitative estimate of drug-likeness (QED) is 0.630. The highest BCUT2D eigenvalue weighted by Gasteiger charge is 2.11. The van der Waals surface area contributed by atoms with Crippen molar-refractivity contribution in [2.24, 2.45) is 12.8 Å². The summed E-state index contributed by atoms with van der Waals surface area (Å²) in [6, 6.07) is 16.2. The molecular weight excluding hydrogens is 288 g/mol. The van der Waals surface area contributed by atoms with Crippen LogP contribution in [-0.4, -0.2) is 14.5 Å². The average molecular weight is 304 g/mol. The first kappa shape index (κ1) is 13.7. The molecule has 0 aliphatic rings. The van der Waals surface area contributed by atoms with E-state index in [0.29, 0.717) is 12.4 Å². The summed E-state index contributed by atoms with van der Waals surface area (Å²) < 4.78 is 7.55. The molecule has 0 aliphatic carbocycles. The van der Waals surface area contributed by atoms with Gasteiger partial charge in [0.2, 0.25) is 5.89 Å². The average Bonchev–Trinajstić information content (AvgIpc) is 3.20. The minimum Gasteiger partial charge on any atom is -0.444 e. The van der Waals surface area contributed by atoms with Crippen molar-refractivity contribution in [3.8, 4) is 22.8 Å². The lowest BCUT2D eigenvalue weighted by atomic mass is 10.1. The van der Waals surface area contributed by atoms with Crippen LogP contribution >= 0.6 is 0 Å². The van der Waals surface area contributed by atoms with E-state index in [1.54, 1.807) is 6.26 Å². The highest BCUT2D eigenvalue weighted by molar-refractivity contribution is 5.80. The number of fused-ring (bicyclic) bond motifs is 1. The number of nitrogens with zero attached hydrogens (tertiary/aromatic N) is 3. The fraction of sp³-hybridized carbons (Fsp3) is 0.111. The van der Waals surface area contributed by atoms with Crippen molar-refractivity contribution in [1.82, 2.24) is 14.5 Å². The number of hydrogen-bond donors (Lipinski definition) is 1. The molecule has 0 amide bonds. The van der Waals surface area contributed by atoms with Crippen LogP contribution in [0.4, 0.5) is 0 Å².